The van der Waals surface area contributed by atoms with Gasteiger partial charge in [0.2, 0.25) is 0 Å². The molecule has 0 aliphatic heterocycles. The minimum atomic E-state index is -0.368. The molecular weight excluding hydrogens is 334 g/mol. The number of nitrogens with zero attached hydrogens (tertiary/aromatic N) is 1. The second-order valence-electron chi connectivity index (χ2n) is 4.82. The minimum absolute atomic E-state index is 0.152. The number of rotatable bonds is 4. The number of benzene rings is 1. The van der Waals surface area contributed by atoms with Crippen molar-refractivity contribution in [3.05, 3.63) is 85.4 Å². The average Bonchev–Trinajstić information content (AvgIpc) is 3.08. The second-order valence-corrected chi connectivity index (χ2v) is 6.04. The zero-order valence-corrected chi connectivity index (χ0v) is 13.4. The van der Waals surface area contributed by atoms with E-state index in [1.165, 1.54) is 12.1 Å². The number of amides is 1. The van der Waals surface area contributed by atoms with Gasteiger partial charge in [0.1, 0.15) is 5.69 Å². The van der Waals surface area contributed by atoms with Gasteiger partial charge in [-0.3, -0.25) is 9.59 Å². The SMILES string of the molecule is O=C(N[C@H](c1ccc(Cl)cc1)c1ccsc1)c1ccc(=O)[nH]n1. The van der Waals surface area contributed by atoms with Gasteiger partial charge in [0.05, 0.1) is 6.04 Å². The lowest BCUT2D eigenvalue weighted by Gasteiger charge is -2.18. The van der Waals surface area contributed by atoms with Gasteiger partial charge in [0.15, 0.2) is 0 Å². The molecule has 0 bridgehead atoms. The maximum atomic E-state index is 12.4. The minimum Gasteiger partial charge on any atom is -0.340 e. The topological polar surface area (TPSA) is 74.8 Å². The molecule has 0 saturated carbocycles. The van der Waals surface area contributed by atoms with Crippen molar-refractivity contribution < 1.29 is 4.79 Å². The molecule has 2 aromatic heterocycles. The molecule has 3 aromatic rings. The van der Waals surface area contributed by atoms with Gasteiger partial charge in [-0.05, 0) is 46.2 Å². The van der Waals surface area contributed by atoms with Crippen molar-refractivity contribution in [1.82, 2.24) is 15.5 Å². The van der Waals surface area contributed by atoms with Crippen molar-refractivity contribution >= 4 is 28.8 Å². The van der Waals surface area contributed by atoms with Crippen LogP contribution in [-0.4, -0.2) is 16.1 Å². The number of thiophene rings is 1. The van der Waals surface area contributed by atoms with Crippen LogP contribution in [0.5, 0.6) is 0 Å². The smallest absolute Gasteiger partial charge is 0.272 e. The molecule has 0 saturated heterocycles. The highest BCUT2D eigenvalue weighted by atomic mass is 35.5. The summed E-state index contributed by atoms with van der Waals surface area (Å²) in [6, 6.07) is 11.6. The van der Waals surface area contributed by atoms with E-state index in [9.17, 15) is 9.59 Å². The van der Waals surface area contributed by atoms with Gasteiger partial charge < -0.3 is 5.32 Å². The maximum Gasteiger partial charge on any atom is 0.272 e. The molecule has 2 N–H and O–H groups in total. The first-order valence-electron chi connectivity index (χ1n) is 6.77. The van der Waals surface area contributed by atoms with E-state index in [0.29, 0.717) is 5.02 Å². The summed E-state index contributed by atoms with van der Waals surface area (Å²) in [6.45, 7) is 0. The molecule has 0 spiro atoms. The Morgan fingerprint density at radius 3 is 2.52 bits per heavy atom. The predicted octanol–water partition coefficient (Wildman–Crippen LogP) is 3.00. The van der Waals surface area contributed by atoms with Gasteiger partial charge in [0.25, 0.3) is 11.5 Å². The molecule has 1 atom stereocenters. The largest absolute Gasteiger partial charge is 0.340 e. The molecule has 116 valence electrons. The standard InChI is InChI=1S/C16H12ClN3O2S/c17-12-3-1-10(2-4-12)15(11-7-8-23-9-11)18-16(22)13-5-6-14(21)20-19-13/h1-9,15H,(H,18,22)(H,20,21)/t15-/m1/s1. The highest BCUT2D eigenvalue weighted by Gasteiger charge is 2.19. The van der Waals surface area contributed by atoms with E-state index >= 15 is 0 Å². The first-order valence-corrected chi connectivity index (χ1v) is 8.10. The number of carbonyl (C=O) groups excluding carboxylic acids is 1. The molecule has 1 amide bonds. The van der Waals surface area contributed by atoms with Crippen LogP contribution in [0.25, 0.3) is 0 Å². The van der Waals surface area contributed by atoms with Crippen LogP contribution in [0.4, 0.5) is 0 Å². The van der Waals surface area contributed by atoms with Crippen LogP contribution in [0, 0.1) is 0 Å². The van der Waals surface area contributed by atoms with Gasteiger partial charge >= 0.3 is 0 Å². The van der Waals surface area contributed by atoms with E-state index in [-0.39, 0.29) is 23.2 Å². The first kappa shape index (κ1) is 15.5. The normalized spacial score (nSPS) is 11.9. The number of aromatic nitrogens is 2. The highest BCUT2D eigenvalue weighted by Crippen LogP contribution is 2.25. The Morgan fingerprint density at radius 2 is 1.91 bits per heavy atom. The monoisotopic (exact) mass is 345 g/mol. The Hall–Kier alpha value is -2.44. The van der Waals surface area contributed by atoms with Crippen molar-refractivity contribution in [2.24, 2.45) is 0 Å². The number of halogens is 1. The van der Waals surface area contributed by atoms with Gasteiger partial charge in [0, 0.05) is 11.1 Å². The molecule has 0 radical (unpaired) electrons. The lowest BCUT2D eigenvalue weighted by atomic mass is 10.0. The van der Waals surface area contributed by atoms with E-state index < -0.39 is 0 Å². The Bertz CT molecular complexity index is 839. The number of hydrogen-bond acceptors (Lipinski definition) is 4. The van der Waals surface area contributed by atoms with Gasteiger partial charge in [-0.1, -0.05) is 23.7 Å². The molecular formula is C16H12ClN3O2S. The van der Waals surface area contributed by atoms with Crippen molar-refractivity contribution in [2.75, 3.05) is 0 Å². The van der Waals surface area contributed by atoms with Crippen molar-refractivity contribution in [3.8, 4) is 0 Å². The molecule has 23 heavy (non-hydrogen) atoms. The molecule has 5 nitrogen and oxygen atoms in total. The van der Waals surface area contributed by atoms with E-state index in [4.69, 9.17) is 11.6 Å². The summed E-state index contributed by atoms with van der Waals surface area (Å²) >= 11 is 7.48. The number of carbonyl (C=O) groups is 1. The molecule has 0 aliphatic rings. The van der Waals surface area contributed by atoms with E-state index in [1.807, 2.05) is 29.0 Å². The summed E-state index contributed by atoms with van der Waals surface area (Å²) in [4.78, 5) is 23.4. The fraction of sp³-hybridized carbons (Fsp3) is 0.0625. The van der Waals surface area contributed by atoms with Crippen LogP contribution >= 0.6 is 22.9 Å². The Kier molecular flexibility index (Phi) is 4.55. The number of aromatic amines is 1. The second kappa shape index (κ2) is 6.76. The third kappa shape index (κ3) is 3.67. The van der Waals surface area contributed by atoms with Crippen LogP contribution in [0.3, 0.4) is 0 Å². The maximum absolute atomic E-state index is 12.4. The fourth-order valence-electron chi connectivity index (χ4n) is 2.13. The molecule has 0 fully saturated rings. The van der Waals surface area contributed by atoms with Crippen molar-refractivity contribution in [1.29, 1.82) is 0 Å². The van der Waals surface area contributed by atoms with Gasteiger partial charge in [-0.25, -0.2) is 5.10 Å². The number of H-pyrrole nitrogens is 1. The van der Waals surface area contributed by atoms with Crippen LogP contribution in [0.15, 0.2) is 58.0 Å². The lowest BCUT2D eigenvalue weighted by Crippen LogP contribution is -2.30. The van der Waals surface area contributed by atoms with E-state index in [0.717, 1.165) is 11.1 Å². The molecule has 2 heterocycles. The predicted molar refractivity (Wildman–Crippen MR) is 89.9 cm³/mol. The molecule has 3 rings (SSSR count). The fourth-order valence-corrected chi connectivity index (χ4v) is 2.94. The van der Waals surface area contributed by atoms with E-state index in [2.05, 4.69) is 15.5 Å². The Labute approximate surface area is 140 Å². The summed E-state index contributed by atoms with van der Waals surface area (Å²) < 4.78 is 0. The molecule has 7 heteroatoms. The molecule has 0 unspecified atom stereocenters. The molecule has 0 aliphatic carbocycles. The van der Waals surface area contributed by atoms with Gasteiger partial charge in [-0.15, -0.1) is 0 Å². The molecule has 1 aromatic carbocycles. The summed E-state index contributed by atoms with van der Waals surface area (Å²) in [5, 5.41) is 13.5. The zero-order chi connectivity index (χ0) is 16.2. The Balaban J connectivity index is 1.90. The third-order valence-corrected chi connectivity index (χ3v) is 4.22. The van der Waals surface area contributed by atoms with E-state index in [1.54, 1.807) is 23.5 Å². The summed E-state index contributed by atoms with van der Waals surface area (Å²) in [7, 11) is 0. The summed E-state index contributed by atoms with van der Waals surface area (Å²) in [5.41, 5.74) is 1.67. The quantitative estimate of drug-likeness (QED) is 0.763. The van der Waals surface area contributed by atoms with Crippen LogP contribution < -0.4 is 10.9 Å². The Morgan fingerprint density at radius 1 is 1.13 bits per heavy atom. The van der Waals surface area contributed by atoms with Crippen LogP contribution in [0.2, 0.25) is 5.02 Å². The number of hydrogen-bond donors (Lipinski definition) is 2. The lowest BCUT2D eigenvalue weighted by molar-refractivity contribution is 0.0937. The van der Waals surface area contributed by atoms with Crippen molar-refractivity contribution in [2.45, 2.75) is 6.04 Å². The average molecular weight is 346 g/mol. The number of nitrogens with one attached hydrogen (secondary N) is 2. The third-order valence-electron chi connectivity index (χ3n) is 3.27. The van der Waals surface area contributed by atoms with Gasteiger partial charge in [-0.2, -0.15) is 16.4 Å². The van der Waals surface area contributed by atoms with Crippen LogP contribution in [-0.2, 0) is 0 Å². The van der Waals surface area contributed by atoms with Crippen LogP contribution in [0.1, 0.15) is 27.7 Å². The summed E-state index contributed by atoms with van der Waals surface area (Å²) in [5.74, 6) is -0.368. The van der Waals surface area contributed by atoms with Crippen molar-refractivity contribution in [3.63, 3.8) is 0 Å². The highest BCUT2D eigenvalue weighted by molar-refractivity contribution is 7.08. The zero-order valence-electron chi connectivity index (χ0n) is 11.8. The first-order chi connectivity index (χ1) is 11.1. The summed E-state index contributed by atoms with van der Waals surface area (Å²) in [6.07, 6.45) is 0.